The molecule has 10 heteroatoms. The largest absolute Gasteiger partial charge is 0.480 e. The van der Waals surface area contributed by atoms with E-state index in [1.54, 1.807) is 24.3 Å². The van der Waals surface area contributed by atoms with E-state index in [9.17, 15) is 24.3 Å². The quantitative estimate of drug-likeness (QED) is 0.405. The Morgan fingerprint density at radius 2 is 1.69 bits per heavy atom. The fourth-order valence-corrected chi connectivity index (χ4v) is 4.63. The Morgan fingerprint density at radius 3 is 2.36 bits per heavy atom. The van der Waals surface area contributed by atoms with Gasteiger partial charge < -0.3 is 30.1 Å². The van der Waals surface area contributed by atoms with E-state index >= 15 is 0 Å². The highest BCUT2D eigenvalue weighted by molar-refractivity contribution is 5.97. The minimum Gasteiger partial charge on any atom is -0.480 e. The van der Waals surface area contributed by atoms with E-state index < -0.39 is 29.2 Å². The molecule has 1 heterocycles. The van der Waals surface area contributed by atoms with E-state index in [1.165, 1.54) is 11.8 Å². The van der Waals surface area contributed by atoms with Crippen LogP contribution < -0.4 is 15.4 Å². The van der Waals surface area contributed by atoms with Crippen LogP contribution >= 0.6 is 0 Å². The zero-order chi connectivity index (χ0) is 25.7. The summed E-state index contributed by atoms with van der Waals surface area (Å²) in [7, 11) is 0. The van der Waals surface area contributed by atoms with Crippen molar-refractivity contribution >= 4 is 23.7 Å². The highest BCUT2D eigenvalue weighted by Gasteiger charge is 2.67. The highest BCUT2D eigenvalue weighted by Crippen LogP contribution is 2.59. The maximum absolute atomic E-state index is 12.9. The first-order valence-corrected chi connectivity index (χ1v) is 11.8. The van der Waals surface area contributed by atoms with Crippen LogP contribution in [0.2, 0.25) is 0 Å². The highest BCUT2D eigenvalue weighted by atomic mass is 16.5. The van der Waals surface area contributed by atoms with Crippen LogP contribution in [0.25, 0.3) is 0 Å². The average Bonchev–Trinajstić information content (AvgIpc) is 3.46. The number of piperidine rings is 1. The number of carbonyl (C=O) groups excluding carboxylic acids is 3. The number of carbonyl (C=O) groups is 4. The van der Waals surface area contributed by atoms with E-state index in [2.05, 4.69) is 10.6 Å². The summed E-state index contributed by atoms with van der Waals surface area (Å²) in [5.41, 5.74) is -0.0409. The maximum atomic E-state index is 12.9. The lowest BCUT2D eigenvalue weighted by Gasteiger charge is -2.24. The summed E-state index contributed by atoms with van der Waals surface area (Å²) in [5, 5.41) is 14.9. The Hall–Kier alpha value is -3.92. The van der Waals surface area contributed by atoms with Gasteiger partial charge in [-0.15, -0.1) is 0 Å². The van der Waals surface area contributed by atoms with Crippen LogP contribution in [-0.4, -0.2) is 72.1 Å². The van der Waals surface area contributed by atoms with Gasteiger partial charge in [0.25, 0.3) is 5.91 Å². The maximum Gasteiger partial charge on any atom is 0.326 e. The number of rotatable bonds is 11. The average molecular weight is 496 g/mol. The summed E-state index contributed by atoms with van der Waals surface area (Å²) >= 11 is 0. The number of carboxylic acids is 1. The molecule has 10 nitrogen and oxygen atoms in total. The van der Waals surface area contributed by atoms with E-state index in [0.717, 1.165) is 0 Å². The summed E-state index contributed by atoms with van der Waals surface area (Å²) in [6.45, 7) is 2.11. The molecule has 1 saturated heterocycles. The van der Waals surface area contributed by atoms with Crippen LogP contribution in [0.5, 0.6) is 11.5 Å². The van der Waals surface area contributed by atoms with E-state index in [-0.39, 0.29) is 18.5 Å². The number of para-hydroxylation sites is 1. The molecule has 3 unspecified atom stereocenters. The van der Waals surface area contributed by atoms with Crippen LogP contribution in [-0.2, 0) is 19.1 Å². The Bertz CT molecular complexity index is 1120. The lowest BCUT2D eigenvalue weighted by Crippen LogP contribution is -2.47. The molecule has 1 aliphatic heterocycles. The number of hydrogen-bond donors (Lipinski definition) is 3. The van der Waals surface area contributed by atoms with Gasteiger partial charge in [-0.25, -0.2) is 4.79 Å². The normalized spacial score (nSPS) is 21.9. The van der Waals surface area contributed by atoms with E-state index in [4.69, 9.17) is 9.47 Å². The Balaban J connectivity index is 1.28. The zero-order valence-corrected chi connectivity index (χ0v) is 19.9. The SMILES string of the molecule is CC(=O)NCCOCC12CC(C(=O)O)N(C(=O)CNC(=O)c3ccc(Oc4ccccc4)cc3)C1C2. The van der Waals surface area contributed by atoms with Gasteiger partial charge in [0.05, 0.1) is 19.8 Å². The summed E-state index contributed by atoms with van der Waals surface area (Å²) in [4.78, 5) is 49.6. The standard InChI is InChI=1S/C26H29N3O7/c1-17(30)27-11-12-35-16-26-13-21(25(33)34)29(22(26)14-26)23(31)15-28-24(32)18-7-9-20(10-8-18)36-19-5-3-2-4-6-19/h2-10,21-22H,11-16H2,1H3,(H,27,30)(H,28,32)(H,33,34). The van der Waals surface area contributed by atoms with Gasteiger partial charge in [-0.1, -0.05) is 18.2 Å². The smallest absolute Gasteiger partial charge is 0.326 e. The third kappa shape index (κ3) is 5.83. The number of likely N-dealkylation sites (tertiary alicyclic amines) is 1. The minimum absolute atomic E-state index is 0.150. The van der Waals surface area contributed by atoms with Crippen molar-refractivity contribution in [2.24, 2.45) is 5.41 Å². The molecular weight excluding hydrogens is 466 g/mol. The molecule has 1 saturated carbocycles. The number of carboxylic acid groups (broad SMARTS) is 1. The second-order valence-electron chi connectivity index (χ2n) is 9.10. The molecule has 2 aromatic rings. The number of amides is 3. The molecule has 0 aromatic heterocycles. The van der Waals surface area contributed by atoms with Crippen molar-refractivity contribution < 1.29 is 33.8 Å². The van der Waals surface area contributed by atoms with Crippen LogP contribution in [0.3, 0.4) is 0 Å². The topological polar surface area (TPSA) is 134 Å². The molecule has 2 aliphatic rings. The molecule has 3 N–H and O–H groups in total. The van der Waals surface area contributed by atoms with Crippen LogP contribution in [0, 0.1) is 5.41 Å². The van der Waals surface area contributed by atoms with Crippen molar-refractivity contribution in [1.82, 2.24) is 15.5 Å². The molecule has 0 bridgehead atoms. The van der Waals surface area contributed by atoms with Crippen molar-refractivity contribution in [3.05, 3.63) is 60.2 Å². The van der Waals surface area contributed by atoms with Gasteiger partial charge in [0.1, 0.15) is 17.5 Å². The Labute approximate surface area is 208 Å². The van der Waals surface area contributed by atoms with Crippen molar-refractivity contribution in [1.29, 1.82) is 0 Å². The van der Waals surface area contributed by atoms with E-state index in [1.807, 2.05) is 30.3 Å². The molecule has 36 heavy (non-hydrogen) atoms. The van der Waals surface area contributed by atoms with Gasteiger partial charge in [0, 0.05) is 30.5 Å². The molecule has 3 amide bonds. The minimum atomic E-state index is -1.08. The molecule has 0 spiro atoms. The number of fused-ring (bicyclic) bond motifs is 1. The molecular formula is C26H29N3O7. The van der Waals surface area contributed by atoms with Gasteiger partial charge >= 0.3 is 5.97 Å². The molecule has 1 aliphatic carbocycles. The Morgan fingerprint density at radius 1 is 1.00 bits per heavy atom. The Kier molecular flexibility index (Phi) is 7.54. The van der Waals surface area contributed by atoms with Gasteiger partial charge in [-0.3, -0.25) is 14.4 Å². The third-order valence-electron chi connectivity index (χ3n) is 6.50. The number of nitrogens with one attached hydrogen (secondary N) is 2. The molecule has 0 radical (unpaired) electrons. The number of aliphatic carboxylic acids is 1. The lowest BCUT2D eigenvalue weighted by molar-refractivity contribution is -0.149. The summed E-state index contributed by atoms with van der Waals surface area (Å²) in [6, 6.07) is 14.6. The summed E-state index contributed by atoms with van der Waals surface area (Å²) < 4.78 is 11.4. The molecule has 2 aromatic carbocycles. The predicted molar refractivity (Wildman–Crippen MR) is 129 cm³/mol. The van der Waals surface area contributed by atoms with Gasteiger partial charge in [0.2, 0.25) is 11.8 Å². The fraction of sp³-hybridized carbons (Fsp3) is 0.385. The number of ether oxygens (including phenoxy) is 2. The number of benzene rings is 2. The van der Waals surface area contributed by atoms with Gasteiger partial charge in [-0.05, 0) is 49.2 Å². The van der Waals surface area contributed by atoms with Crippen molar-refractivity contribution in [2.75, 3.05) is 26.3 Å². The van der Waals surface area contributed by atoms with Crippen LogP contribution in [0.1, 0.15) is 30.1 Å². The van der Waals surface area contributed by atoms with Crippen molar-refractivity contribution in [2.45, 2.75) is 31.8 Å². The fourth-order valence-electron chi connectivity index (χ4n) is 4.63. The third-order valence-corrected chi connectivity index (χ3v) is 6.50. The predicted octanol–water partition coefficient (Wildman–Crippen LogP) is 1.81. The molecule has 4 rings (SSSR count). The summed E-state index contributed by atoms with van der Waals surface area (Å²) in [5.74, 6) is -0.865. The number of hydrogen-bond acceptors (Lipinski definition) is 6. The van der Waals surface area contributed by atoms with E-state index in [0.29, 0.717) is 49.7 Å². The lowest BCUT2D eigenvalue weighted by atomic mass is 10.0. The van der Waals surface area contributed by atoms with Gasteiger partial charge in [0.15, 0.2) is 0 Å². The summed E-state index contributed by atoms with van der Waals surface area (Å²) in [6.07, 6.45) is 0.954. The second kappa shape index (κ2) is 10.8. The second-order valence-corrected chi connectivity index (χ2v) is 9.10. The zero-order valence-electron chi connectivity index (χ0n) is 19.9. The van der Waals surface area contributed by atoms with Crippen molar-refractivity contribution in [3.63, 3.8) is 0 Å². The molecule has 3 atom stereocenters. The first kappa shape index (κ1) is 25.2. The van der Waals surface area contributed by atoms with Crippen molar-refractivity contribution in [3.8, 4) is 11.5 Å². The first-order chi connectivity index (χ1) is 17.3. The molecule has 2 fully saturated rings. The van der Waals surface area contributed by atoms with Crippen LogP contribution in [0.15, 0.2) is 54.6 Å². The first-order valence-electron chi connectivity index (χ1n) is 11.8. The number of nitrogens with zero attached hydrogens (tertiary/aromatic N) is 1. The molecule has 190 valence electrons. The van der Waals surface area contributed by atoms with Gasteiger partial charge in [-0.2, -0.15) is 0 Å². The monoisotopic (exact) mass is 495 g/mol. The van der Waals surface area contributed by atoms with Crippen LogP contribution in [0.4, 0.5) is 0 Å².